The van der Waals surface area contributed by atoms with Gasteiger partial charge < -0.3 is 9.64 Å². The molecule has 0 bridgehead atoms. The predicted octanol–water partition coefficient (Wildman–Crippen LogP) is 3.44. The highest BCUT2D eigenvalue weighted by molar-refractivity contribution is 7.99. The molecular weight excluding hydrogens is 395 g/mol. The van der Waals surface area contributed by atoms with Crippen LogP contribution in [0.1, 0.15) is 32.6 Å². The van der Waals surface area contributed by atoms with E-state index < -0.39 is 6.36 Å². The van der Waals surface area contributed by atoms with Crippen LogP contribution in [0.4, 0.5) is 13.2 Å². The van der Waals surface area contributed by atoms with Gasteiger partial charge in [-0.05, 0) is 60.4 Å². The van der Waals surface area contributed by atoms with E-state index in [0.29, 0.717) is 10.8 Å². The third-order valence-electron chi connectivity index (χ3n) is 4.50. The van der Waals surface area contributed by atoms with E-state index >= 15 is 0 Å². The van der Waals surface area contributed by atoms with Gasteiger partial charge in [-0.2, -0.15) is 4.68 Å². The van der Waals surface area contributed by atoms with Crippen molar-refractivity contribution in [1.29, 1.82) is 0 Å². The minimum Gasteiger partial charge on any atom is -0.406 e. The Morgan fingerprint density at radius 1 is 1.29 bits per heavy atom. The molecule has 1 aliphatic rings. The molecule has 2 heterocycles. The number of amides is 1. The third-order valence-corrected chi connectivity index (χ3v) is 5.40. The van der Waals surface area contributed by atoms with E-state index in [0.717, 1.165) is 32.2 Å². The molecule has 1 atom stereocenters. The number of ether oxygens (including phenoxy) is 1. The summed E-state index contributed by atoms with van der Waals surface area (Å²) < 4.78 is 42.0. The Hall–Kier alpha value is -2.30. The van der Waals surface area contributed by atoms with E-state index in [1.54, 1.807) is 0 Å². The lowest BCUT2D eigenvalue weighted by Crippen LogP contribution is -2.44. The van der Waals surface area contributed by atoms with Gasteiger partial charge in [0.1, 0.15) is 5.75 Å². The number of carbonyl (C=O) groups is 1. The lowest BCUT2D eigenvalue weighted by atomic mass is 10.0. The summed E-state index contributed by atoms with van der Waals surface area (Å²) in [4.78, 5) is 14.5. The SMILES string of the molecule is CC[C@@H]1CCCCN1C(=O)CSc1nnnn1-c1ccc(OC(F)(F)F)cc1. The molecule has 1 aliphatic heterocycles. The van der Waals surface area contributed by atoms with Crippen LogP contribution in [-0.2, 0) is 4.79 Å². The molecule has 0 saturated carbocycles. The minimum atomic E-state index is -4.75. The van der Waals surface area contributed by atoms with Crippen molar-refractivity contribution >= 4 is 17.7 Å². The van der Waals surface area contributed by atoms with Crippen molar-refractivity contribution in [2.45, 2.75) is 50.2 Å². The Balaban J connectivity index is 1.64. The number of likely N-dealkylation sites (tertiary alicyclic amines) is 1. The molecule has 1 amide bonds. The first kappa shape index (κ1) is 20.4. The topological polar surface area (TPSA) is 73.1 Å². The van der Waals surface area contributed by atoms with E-state index in [4.69, 9.17) is 0 Å². The standard InChI is InChI=1S/C17H20F3N5O2S/c1-2-12-5-3-4-10-24(12)15(26)11-28-16-21-22-23-25(16)13-6-8-14(9-7-13)27-17(18,19)20/h6-9,12H,2-5,10-11H2,1H3/t12-/m1/s1. The summed E-state index contributed by atoms with van der Waals surface area (Å²) in [5.74, 6) is -0.0870. The number of hydrogen-bond acceptors (Lipinski definition) is 6. The van der Waals surface area contributed by atoms with E-state index in [1.807, 2.05) is 4.90 Å². The van der Waals surface area contributed by atoms with Gasteiger partial charge in [0.25, 0.3) is 0 Å². The molecule has 7 nitrogen and oxygen atoms in total. The number of tetrazole rings is 1. The molecule has 2 aromatic rings. The fourth-order valence-corrected chi connectivity index (χ4v) is 3.96. The quantitative estimate of drug-likeness (QED) is 0.673. The van der Waals surface area contributed by atoms with Gasteiger partial charge in [0.05, 0.1) is 11.4 Å². The molecule has 0 N–H and O–H groups in total. The Labute approximate surface area is 164 Å². The normalized spacial score (nSPS) is 17.6. The van der Waals surface area contributed by atoms with Gasteiger partial charge in [-0.15, -0.1) is 18.3 Å². The average molecular weight is 415 g/mol. The van der Waals surface area contributed by atoms with Crippen molar-refractivity contribution < 1.29 is 22.7 Å². The van der Waals surface area contributed by atoms with Crippen molar-refractivity contribution in [3.63, 3.8) is 0 Å². The molecule has 1 saturated heterocycles. The van der Waals surface area contributed by atoms with Crippen LogP contribution in [0.15, 0.2) is 29.4 Å². The van der Waals surface area contributed by atoms with Crippen molar-refractivity contribution in [1.82, 2.24) is 25.1 Å². The van der Waals surface area contributed by atoms with E-state index in [2.05, 4.69) is 27.2 Å². The van der Waals surface area contributed by atoms with Gasteiger partial charge in [-0.3, -0.25) is 4.79 Å². The molecule has 1 aromatic heterocycles. The molecule has 0 aliphatic carbocycles. The lowest BCUT2D eigenvalue weighted by Gasteiger charge is -2.35. The molecule has 28 heavy (non-hydrogen) atoms. The van der Waals surface area contributed by atoms with Gasteiger partial charge in [0.15, 0.2) is 0 Å². The van der Waals surface area contributed by atoms with Crippen molar-refractivity contribution in [2.75, 3.05) is 12.3 Å². The molecule has 0 radical (unpaired) electrons. The second kappa shape index (κ2) is 8.80. The highest BCUT2D eigenvalue weighted by atomic mass is 32.2. The summed E-state index contributed by atoms with van der Waals surface area (Å²) in [5.41, 5.74) is 0.471. The maximum absolute atomic E-state index is 12.6. The smallest absolute Gasteiger partial charge is 0.406 e. The Morgan fingerprint density at radius 2 is 2.04 bits per heavy atom. The van der Waals surface area contributed by atoms with Gasteiger partial charge >= 0.3 is 6.36 Å². The highest BCUT2D eigenvalue weighted by Gasteiger charge is 2.31. The van der Waals surface area contributed by atoms with Crippen molar-refractivity contribution in [3.05, 3.63) is 24.3 Å². The van der Waals surface area contributed by atoms with Gasteiger partial charge in [0, 0.05) is 12.6 Å². The Morgan fingerprint density at radius 3 is 2.71 bits per heavy atom. The zero-order chi connectivity index (χ0) is 20.1. The largest absolute Gasteiger partial charge is 0.573 e. The van der Waals surface area contributed by atoms with E-state index in [-0.39, 0.29) is 23.5 Å². The van der Waals surface area contributed by atoms with E-state index in [1.165, 1.54) is 40.7 Å². The number of halogens is 3. The molecule has 0 spiro atoms. The lowest BCUT2D eigenvalue weighted by molar-refractivity contribution is -0.274. The van der Waals surface area contributed by atoms with E-state index in [9.17, 15) is 18.0 Å². The van der Waals surface area contributed by atoms with Gasteiger partial charge in [0.2, 0.25) is 11.1 Å². The summed E-state index contributed by atoms with van der Waals surface area (Å²) in [6, 6.07) is 5.48. The second-order valence-electron chi connectivity index (χ2n) is 6.35. The van der Waals surface area contributed by atoms with Crippen LogP contribution in [0.2, 0.25) is 0 Å². The first-order chi connectivity index (χ1) is 13.4. The first-order valence-corrected chi connectivity index (χ1v) is 9.93. The summed E-state index contributed by atoms with van der Waals surface area (Å²) >= 11 is 1.20. The number of rotatable bonds is 6. The molecule has 1 fully saturated rings. The monoisotopic (exact) mass is 415 g/mol. The number of thioether (sulfide) groups is 1. The van der Waals surface area contributed by atoms with Crippen LogP contribution in [0, 0.1) is 0 Å². The second-order valence-corrected chi connectivity index (χ2v) is 7.29. The summed E-state index contributed by atoms with van der Waals surface area (Å²) in [7, 11) is 0. The summed E-state index contributed by atoms with van der Waals surface area (Å²) in [6.45, 7) is 2.85. The predicted molar refractivity (Wildman–Crippen MR) is 96.2 cm³/mol. The number of alkyl halides is 3. The number of nitrogens with zero attached hydrogens (tertiary/aromatic N) is 5. The summed E-state index contributed by atoms with van der Waals surface area (Å²) in [5, 5.41) is 11.8. The first-order valence-electron chi connectivity index (χ1n) is 8.94. The fourth-order valence-electron chi connectivity index (χ4n) is 3.18. The van der Waals surface area contributed by atoms with Crippen LogP contribution >= 0.6 is 11.8 Å². The maximum atomic E-state index is 12.6. The van der Waals surface area contributed by atoms with Crippen molar-refractivity contribution in [2.24, 2.45) is 0 Å². The maximum Gasteiger partial charge on any atom is 0.573 e. The number of piperidine rings is 1. The van der Waals surface area contributed by atoms with Crippen molar-refractivity contribution in [3.8, 4) is 11.4 Å². The van der Waals surface area contributed by atoms with Crippen LogP contribution < -0.4 is 4.74 Å². The Kier molecular flexibility index (Phi) is 6.42. The number of hydrogen-bond donors (Lipinski definition) is 0. The molecule has 152 valence electrons. The fraction of sp³-hybridized carbons (Fsp3) is 0.529. The molecule has 1 aromatic carbocycles. The highest BCUT2D eigenvalue weighted by Crippen LogP contribution is 2.26. The van der Waals surface area contributed by atoms with Gasteiger partial charge in [-0.1, -0.05) is 18.7 Å². The number of carbonyl (C=O) groups excluding carboxylic acids is 1. The zero-order valence-electron chi connectivity index (χ0n) is 15.2. The van der Waals surface area contributed by atoms with Gasteiger partial charge in [-0.25, -0.2) is 0 Å². The average Bonchev–Trinajstić information content (AvgIpc) is 3.14. The van der Waals surface area contributed by atoms with Crippen LogP contribution in [0.25, 0.3) is 5.69 Å². The molecular formula is C17H20F3N5O2S. The number of aromatic nitrogens is 4. The van der Waals surface area contributed by atoms with Crippen LogP contribution in [0.5, 0.6) is 5.75 Å². The molecule has 3 rings (SSSR count). The van der Waals surface area contributed by atoms with Crippen LogP contribution in [-0.4, -0.2) is 55.7 Å². The zero-order valence-corrected chi connectivity index (χ0v) is 16.0. The van der Waals surface area contributed by atoms with Crippen LogP contribution in [0.3, 0.4) is 0 Å². The molecule has 0 unspecified atom stereocenters. The number of benzene rings is 1. The minimum absolute atomic E-state index is 0.0417. The third kappa shape index (κ3) is 5.15. The Bertz CT molecular complexity index is 797. The summed E-state index contributed by atoms with van der Waals surface area (Å²) in [6.07, 6.45) is -0.640. The molecule has 11 heteroatoms.